The summed E-state index contributed by atoms with van der Waals surface area (Å²) >= 11 is 0. The van der Waals surface area contributed by atoms with E-state index >= 15 is 0 Å². The third kappa shape index (κ3) is 2.90. The minimum absolute atomic E-state index is 0.131. The number of nitrogens with two attached hydrogens (primary N) is 1. The van der Waals surface area contributed by atoms with Crippen LogP contribution < -0.4 is 11.3 Å². The molecule has 1 heterocycles. The molecule has 0 unspecified atom stereocenters. The van der Waals surface area contributed by atoms with Gasteiger partial charge in [-0.2, -0.15) is 0 Å². The van der Waals surface area contributed by atoms with Crippen molar-refractivity contribution in [2.75, 3.05) is 13.2 Å². The van der Waals surface area contributed by atoms with Crippen LogP contribution in [0.2, 0.25) is 0 Å². The van der Waals surface area contributed by atoms with Gasteiger partial charge >= 0.3 is 5.91 Å². The Morgan fingerprint density at radius 3 is 2.94 bits per heavy atom. The maximum Gasteiger partial charge on any atom is 0.301 e. The van der Waals surface area contributed by atoms with Gasteiger partial charge in [-0.05, 0) is 25.8 Å². The fraction of sp³-hybridized carbons (Fsp3) is 0.583. The molecule has 6 heteroatoms. The highest BCUT2D eigenvalue weighted by Crippen LogP contribution is 2.28. The third-order valence-electron chi connectivity index (χ3n) is 3.12. The second kappa shape index (κ2) is 5.51. The molecule has 100 valence electrons. The number of aliphatic hydroxyl groups is 1. The molecule has 6 nitrogen and oxygen atoms in total. The van der Waals surface area contributed by atoms with Crippen LogP contribution in [0.5, 0.6) is 0 Å². The number of hydrogen-bond donors (Lipinski definition) is 3. The number of carbonyl (C=O) groups is 1. The first-order valence-electron chi connectivity index (χ1n) is 6.11. The molecular formula is C12H19N3O3. The van der Waals surface area contributed by atoms with Crippen molar-refractivity contribution in [3.05, 3.63) is 23.2 Å². The Bertz CT molecular complexity index is 426. The fourth-order valence-electron chi connectivity index (χ4n) is 2.08. The van der Waals surface area contributed by atoms with Crippen LogP contribution in [-0.2, 0) is 6.54 Å². The van der Waals surface area contributed by atoms with Crippen molar-refractivity contribution in [1.29, 1.82) is 0 Å². The Kier molecular flexibility index (Phi) is 4.00. The van der Waals surface area contributed by atoms with Crippen molar-refractivity contribution in [2.45, 2.75) is 32.4 Å². The maximum atomic E-state index is 11.4. The smallest absolute Gasteiger partial charge is 0.301 e. The molecule has 0 bridgehead atoms. The van der Waals surface area contributed by atoms with E-state index in [2.05, 4.69) is 10.3 Å². The quantitative estimate of drug-likeness (QED) is 0.381. The van der Waals surface area contributed by atoms with Gasteiger partial charge in [0.15, 0.2) is 5.76 Å². The lowest BCUT2D eigenvalue weighted by molar-refractivity contribution is 0.0919. The van der Waals surface area contributed by atoms with E-state index in [1.165, 1.54) is 0 Å². The zero-order valence-corrected chi connectivity index (χ0v) is 10.5. The van der Waals surface area contributed by atoms with Crippen molar-refractivity contribution in [3.8, 4) is 0 Å². The summed E-state index contributed by atoms with van der Waals surface area (Å²) in [5, 5.41) is 9.02. The van der Waals surface area contributed by atoms with E-state index < -0.39 is 5.91 Å². The number of aryl methyl sites for hydroxylation is 1. The van der Waals surface area contributed by atoms with Crippen molar-refractivity contribution >= 4 is 5.91 Å². The molecular weight excluding hydrogens is 234 g/mol. The predicted molar refractivity (Wildman–Crippen MR) is 65.6 cm³/mol. The summed E-state index contributed by atoms with van der Waals surface area (Å²) < 4.78 is 5.51. The van der Waals surface area contributed by atoms with Gasteiger partial charge in [0.2, 0.25) is 0 Å². The highest BCUT2D eigenvalue weighted by atomic mass is 16.4. The van der Waals surface area contributed by atoms with Crippen LogP contribution in [0, 0.1) is 6.92 Å². The van der Waals surface area contributed by atoms with Gasteiger partial charge < -0.3 is 9.52 Å². The van der Waals surface area contributed by atoms with Crippen LogP contribution >= 0.6 is 0 Å². The van der Waals surface area contributed by atoms with Gasteiger partial charge in [0, 0.05) is 18.2 Å². The molecule has 4 N–H and O–H groups in total. The molecule has 2 rings (SSSR count). The van der Waals surface area contributed by atoms with E-state index in [9.17, 15) is 4.79 Å². The highest BCUT2D eigenvalue weighted by Gasteiger charge is 2.29. The largest absolute Gasteiger partial charge is 0.454 e. The second-order valence-corrected chi connectivity index (χ2v) is 4.62. The number of nitrogens with one attached hydrogen (secondary N) is 1. The Balaban J connectivity index is 2.06. The maximum absolute atomic E-state index is 11.4. The number of furan rings is 1. The van der Waals surface area contributed by atoms with Crippen LogP contribution in [-0.4, -0.2) is 35.1 Å². The number of carbonyl (C=O) groups excluding carboxylic acids is 1. The molecule has 18 heavy (non-hydrogen) atoms. The van der Waals surface area contributed by atoms with Crippen molar-refractivity contribution in [3.63, 3.8) is 0 Å². The summed E-state index contributed by atoms with van der Waals surface area (Å²) in [6.45, 7) is 3.18. The van der Waals surface area contributed by atoms with E-state index in [0.29, 0.717) is 19.1 Å². The van der Waals surface area contributed by atoms with E-state index in [0.717, 1.165) is 24.2 Å². The fourth-order valence-corrected chi connectivity index (χ4v) is 2.08. The number of aliphatic hydroxyl groups excluding tert-OH is 1. The number of nitrogens with zero attached hydrogens (tertiary/aromatic N) is 1. The standard InChI is InChI=1S/C12H19N3O3/c1-8-6-10(18-11(8)12(17)14-13)7-15(4-5-16)9-2-3-9/h6,9,16H,2-5,7,13H2,1H3,(H,14,17). The molecule has 0 aromatic carbocycles. The van der Waals surface area contributed by atoms with Gasteiger partial charge in [-0.1, -0.05) is 0 Å². The average molecular weight is 253 g/mol. The first kappa shape index (κ1) is 13.1. The normalized spacial score (nSPS) is 15.1. The molecule has 1 aromatic rings. The summed E-state index contributed by atoms with van der Waals surface area (Å²) in [7, 11) is 0. The van der Waals surface area contributed by atoms with Crippen LogP contribution in [0.1, 0.15) is 34.7 Å². The summed E-state index contributed by atoms with van der Waals surface area (Å²) in [6, 6.07) is 2.38. The van der Waals surface area contributed by atoms with Gasteiger partial charge in [0.1, 0.15) is 5.76 Å². The molecule has 1 fully saturated rings. The van der Waals surface area contributed by atoms with Crippen LogP contribution in [0.3, 0.4) is 0 Å². The van der Waals surface area contributed by atoms with Crippen LogP contribution in [0.15, 0.2) is 10.5 Å². The molecule has 1 aromatic heterocycles. The predicted octanol–water partition coefficient (Wildman–Crippen LogP) is 0.148. The molecule has 0 spiro atoms. The summed E-state index contributed by atoms with van der Waals surface area (Å²) in [5.74, 6) is 5.65. The Morgan fingerprint density at radius 1 is 1.67 bits per heavy atom. The number of hydrazine groups is 1. The Labute approximate surface area is 106 Å². The first-order valence-corrected chi connectivity index (χ1v) is 6.11. The van der Waals surface area contributed by atoms with Gasteiger partial charge in [-0.25, -0.2) is 5.84 Å². The molecule has 1 aliphatic rings. The summed E-state index contributed by atoms with van der Waals surface area (Å²) in [5.41, 5.74) is 2.83. The van der Waals surface area contributed by atoms with Gasteiger partial charge in [-0.15, -0.1) is 0 Å². The molecule has 1 aliphatic carbocycles. The molecule has 0 atom stereocenters. The zero-order valence-electron chi connectivity index (χ0n) is 10.5. The summed E-state index contributed by atoms with van der Waals surface area (Å²) in [6.07, 6.45) is 2.33. The molecule has 1 saturated carbocycles. The average Bonchev–Trinajstić information content (AvgIpc) is 3.13. The molecule has 1 amide bonds. The van der Waals surface area contributed by atoms with Crippen molar-refractivity contribution in [1.82, 2.24) is 10.3 Å². The summed E-state index contributed by atoms with van der Waals surface area (Å²) in [4.78, 5) is 13.6. The lowest BCUT2D eigenvalue weighted by Gasteiger charge is -2.18. The SMILES string of the molecule is Cc1cc(CN(CCO)C2CC2)oc1C(=O)NN. The first-order chi connectivity index (χ1) is 8.65. The Hall–Kier alpha value is -1.37. The van der Waals surface area contributed by atoms with Gasteiger partial charge in [-0.3, -0.25) is 15.1 Å². The minimum atomic E-state index is -0.418. The highest BCUT2D eigenvalue weighted by molar-refractivity contribution is 5.92. The lowest BCUT2D eigenvalue weighted by atomic mass is 10.2. The Morgan fingerprint density at radius 2 is 2.39 bits per heavy atom. The zero-order chi connectivity index (χ0) is 13.1. The van der Waals surface area contributed by atoms with E-state index in [1.54, 1.807) is 0 Å². The number of nitrogen functional groups attached to an aromatic ring is 1. The third-order valence-corrected chi connectivity index (χ3v) is 3.12. The number of amides is 1. The van der Waals surface area contributed by atoms with E-state index in [-0.39, 0.29) is 12.4 Å². The lowest BCUT2D eigenvalue weighted by Crippen LogP contribution is -2.30. The van der Waals surface area contributed by atoms with E-state index in [4.69, 9.17) is 15.4 Å². The molecule has 0 radical (unpaired) electrons. The van der Waals surface area contributed by atoms with E-state index in [1.807, 2.05) is 13.0 Å². The monoisotopic (exact) mass is 253 g/mol. The van der Waals surface area contributed by atoms with Crippen LogP contribution in [0.25, 0.3) is 0 Å². The molecule has 0 aliphatic heterocycles. The topological polar surface area (TPSA) is 91.7 Å². The van der Waals surface area contributed by atoms with Crippen LogP contribution in [0.4, 0.5) is 0 Å². The number of rotatable bonds is 6. The number of hydrogen-bond acceptors (Lipinski definition) is 5. The minimum Gasteiger partial charge on any atom is -0.454 e. The second-order valence-electron chi connectivity index (χ2n) is 4.62. The van der Waals surface area contributed by atoms with Crippen molar-refractivity contribution in [2.24, 2.45) is 5.84 Å². The van der Waals surface area contributed by atoms with Crippen molar-refractivity contribution < 1.29 is 14.3 Å². The molecule has 0 saturated heterocycles. The van der Waals surface area contributed by atoms with Gasteiger partial charge in [0.25, 0.3) is 0 Å². The van der Waals surface area contributed by atoms with Gasteiger partial charge in [0.05, 0.1) is 13.2 Å².